The fraction of sp³-hybridized carbons (Fsp3) is 0.200. The number of hydrogen-bond acceptors (Lipinski definition) is 3. The number of nitrogens with zero attached hydrogens (tertiary/aromatic N) is 2. The summed E-state index contributed by atoms with van der Waals surface area (Å²) in [4.78, 5) is 17.2. The van der Waals surface area contributed by atoms with Crippen molar-refractivity contribution in [2.45, 2.75) is 0 Å². The van der Waals surface area contributed by atoms with Crippen molar-refractivity contribution in [3.8, 4) is 5.75 Å². The SMILES string of the molecule is CN(CCOc1ccccc1F)C(=O)Nc1cccnc1. The second kappa shape index (κ2) is 7.23. The molecule has 0 unspecified atom stereocenters. The molecule has 0 spiro atoms. The summed E-state index contributed by atoms with van der Waals surface area (Å²) in [7, 11) is 1.64. The van der Waals surface area contributed by atoms with Crippen molar-refractivity contribution in [3.05, 3.63) is 54.6 Å². The standard InChI is InChI=1S/C15H16FN3O2/c1-19(15(20)18-12-5-4-8-17-11-12)9-10-21-14-7-3-2-6-13(14)16/h2-8,11H,9-10H2,1H3,(H,18,20). The summed E-state index contributed by atoms with van der Waals surface area (Å²) >= 11 is 0. The lowest BCUT2D eigenvalue weighted by Crippen LogP contribution is -2.34. The molecule has 0 saturated heterocycles. The first-order valence-electron chi connectivity index (χ1n) is 6.46. The number of benzene rings is 1. The molecule has 1 heterocycles. The molecule has 21 heavy (non-hydrogen) atoms. The van der Waals surface area contributed by atoms with Crippen LogP contribution in [0, 0.1) is 5.82 Å². The Morgan fingerprint density at radius 1 is 1.33 bits per heavy atom. The summed E-state index contributed by atoms with van der Waals surface area (Å²) in [5.41, 5.74) is 0.615. The van der Waals surface area contributed by atoms with Gasteiger partial charge >= 0.3 is 6.03 Å². The Balaban J connectivity index is 1.78. The molecule has 1 aromatic carbocycles. The lowest BCUT2D eigenvalue weighted by atomic mass is 10.3. The normalized spacial score (nSPS) is 10.0. The number of carbonyl (C=O) groups is 1. The number of halogens is 1. The van der Waals surface area contributed by atoms with Crippen molar-refractivity contribution >= 4 is 11.7 Å². The van der Waals surface area contributed by atoms with Gasteiger partial charge in [-0.05, 0) is 24.3 Å². The number of amides is 2. The molecule has 110 valence electrons. The highest BCUT2D eigenvalue weighted by Crippen LogP contribution is 2.15. The number of ether oxygens (including phenoxy) is 1. The maximum atomic E-state index is 13.3. The third-order valence-electron chi connectivity index (χ3n) is 2.78. The molecule has 0 aliphatic rings. The second-order valence-electron chi connectivity index (χ2n) is 4.37. The van der Waals surface area contributed by atoms with Crippen molar-refractivity contribution in [2.75, 3.05) is 25.5 Å². The predicted octanol–water partition coefficient (Wildman–Crippen LogP) is 2.76. The number of rotatable bonds is 5. The van der Waals surface area contributed by atoms with Crippen LogP contribution in [0.25, 0.3) is 0 Å². The first-order chi connectivity index (χ1) is 10.2. The zero-order valence-corrected chi connectivity index (χ0v) is 11.6. The van der Waals surface area contributed by atoms with Gasteiger partial charge in [0.05, 0.1) is 18.4 Å². The quantitative estimate of drug-likeness (QED) is 0.921. The number of likely N-dealkylation sites (N-methyl/N-ethyl adjacent to an activating group) is 1. The number of aromatic nitrogens is 1. The molecule has 5 nitrogen and oxygen atoms in total. The number of nitrogens with one attached hydrogen (secondary N) is 1. The fourth-order valence-corrected chi connectivity index (χ4v) is 1.61. The molecule has 0 radical (unpaired) electrons. The van der Waals surface area contributed by atoms with Crippen LogP contribution in [0.3, 0.4) is 0 Å². The van der Waals surface area contributed by atoms with Crippen molar-refractivity contribution in [3.63, 3.8) is 0 Å². The van der Waals surface area contributed by atoms with Gasteiger partial charge in [0.15, 0.2) is 11.6 Å². The van der Waals surface area contributed by atoms with Crippen molar-refractivity contribution in [1.82, 2.24) is 9.88 Å². The summed E-state index contributed by atoms with van der Waals surface area (Å²) in [6, 6.07) is 9.36. The minimum Gasteiger partial charge on any atom is -0.489 e. The van der Waals surface area contributed by atoms with Crippen LogP contribution in [0.15, 0.2) is 48.8 Å². The molecule has 2 amide bonds. The van der Waals surface area contributed by atoms with E-state index in [4.69, 9.17) is 4.74 Å². The van der Waals surface area contributed by atoms with Gasteiger partial charge in [0.2, 0.25) is 0 Å². The number of hydrogen-bond donors (Lipinski definition) is 1. The maximum absolute atomic E-state index is 13.3. The minimum absolute atomic E-state index is 0.179. The Labute approximate surface area is 122 Å². The Bertz CT molecular complexity index is 592. The van der Waals surface area contributed by atoms with Gasteiger partial charge in [-0.25, -0.2) is 9.18 Å². The van der Waals surface area contributed by atoms with Gasteiger partial charge in [0.25, 0.3) is 0 Å². The van der Waals surface area contributed by atoms with Crippen LogP contribution in [0.4, 0.5) is 14.9 Å². The Kier molecular flexibility index (Phi) is 5.09. The van der Waals surface area contributed by atoms with Crippen LogP contribution in [-0.2, 0) is 0 Å². The van der Waals surface area contributed by atoms with Gasteiger partial charge in [0.1, 0.15) is 6.61 Å². The number of urea groups is 1. The number of pyridine rings is 1. The Morgan fingerprint density at radius 2 is 2.14 bits per heavy atom. The molecule has 0 fully saturated rings. The molecular formula is C15H16FN3O2. The van der Waals surface area contributed by atoms with Gasteiger partial charge < -0.3 is 15.0 Å². The maximum Gasteiger partial charge on any atom is 0.321 e. The second-order valence-corrected chi connectivity index (χ2v) is 4.37. The van der Waals surface area contributed by atoms with Crippen LogP contribution in [0.1, 0.15) is 0 Å². The molecule has 2 aromatic rings. The summed E-state index contributed by atoms with van der Waals surface area (Å²) < 4.78 is 18.6. The van der Waals surface area contributed by atoms with Gasteiger partial charge in [-0.15, -0.1) is 0 Å². The average Bonchev–Trinajstić information content (AvgIpc) is 2.50. The van der Waals surface area contributed by atoms with E-state index >= 15 is 0 Å². The highest BCUT2D eigenvalue weighted by Gasteiger charge is 2.09. The van der Waals surface area contributed by atoms with E-state index in [-0.39, 0.29) is 18.4 Å². The van der Waals surface area contributed by atoms with E-state index in [1.54, 1.807) is 49.8 Å². The van der Waals surface area contributed by atoms with Gasteiger partial charge in [-0.1, -0.05) is 12.1 Å². The summed E-state index contributed by atoms with van der Waals surface area (Å²) in [5.74, 6) is -0.237. The van der Waals surface area contributed by atoms with Gasteiger partial charge in [0, 0.05) is 13.2 Å². The molecule has 6 heteroatoms. The third kappa shape index (κ3) is 4.45. The molecular weight excluding hydrogens is 273 g/mol. The number of para-hydroxylation sites is 1. The molecule has 1 N–H and O–H groups in total. The third-order valence-corrected chi connectivity index (χ3v) is 2.78. The first kappa shape index (κ1) is 14.8. The zero-order chi connectivity index (χ0) is 15.1. The molecule has 0 aliphatic carbocycles. The lowest BCUT2D eigenvalue weighted by Gasteiger charge is -2.18. The van der Waals surface area contributed by atoms with Crippen LogP contribution < -0.4 is 10.1 Å². The van der Waals surface area contributed by atoms with E-state index in [0.29, 0.717) is 12.2 Å². The monoisotopic (exact) mass is 289 g/mol. The molecule has 0 atom stereocenters. The van der Waals surface area contributed by atoms with Crippen LogP contribution in [0.2, 0.25) is 0 Å². The number of carbonyl (C=O) groups excluding carboxylic acids is 1. The topological polar surface area (TPSA) is 54.5 Å². The average molecular weight is 289 g/mol. The van der Waals surface area contributed by atoms with Crippen molar-refractivity contribution < 1.29 is 13.9 Å². The van der Waals surface area contributed by atoms with Crippen molar-refractivity contribution in [1.29, 1.82) is 0 Å². The summed E-state index contributed by atoms with van der Waals surface area (Å²) in [6.45, 7) is 0.540. The molecule has 0 saturated carbocycles. The van der Waals surface area contributed by atoms with E-state index in [9.17, 15) is 9.18 Å². The highest BCUT2D eigenvalue weighted by molar-refractivity contribution is 5.88. The molecule has 2 rings (SSSR count). The van der Waals surface area contributed by atoms with Gasteiger partial charge in [-0.3, -0.25) is 4.98 Å². The molecule has 0 aliphatic heterocycles. The molecule has 1 aromatic heterocycles. The van der Waals surface area contributed by atoms with Gasteiger partial charge in [-0.2, -0.15) is 0 Å². The van der Waals surface area contributed by atoms with Crippen molar-refractivity contribution in [2.24, 2.45) is 0 Å². The molecule has 0 bridgehead atoms. The summed E-state index contributed by atoms with van der Waals surface area (Å²) in [6.07, 6.45) is 3.18. The zero-order valence-electron chi connectivity index (χ0n) is 11.6. The van der Waals surface area contributed by atoms with Crippen LogP contribution in [-0.4, -0.2) is 36.1 Å². The van der Waals surface area contributed by atoms with E-state index in [0.717, 1.165) is 0 Å². The Morgan fingerprint density at radius 3 is 2.86 bits per heavy atom. The smallest absolute Gasteiger partial charge is 0.321 e. The van der Waals surface area contributed by atoms with E-state index in [2.05, 4.69) is 10.3 Å². The minimum atomic E-state index is -0.417. The van der Waals surface area contributed by atoms with Crippen LogP contribution >= 0.6 is 0 Å². The highest BCUT2D eigenvalue weighted by atomic mass is 19.1. The van der Waals surface area contributed by atoms with E-state index < -0.39 is 5.82 Å². The lowest BCUT2D eigenvalue weighted by molar-refractivity contribution is 0.206. The van der Waals surface area contributed by atoms with Crippen LogP contribution in [0.5, 0.6) is 5.75 Å². The predicted molar refractivity (Wildman–Crippen MR) is 77.8 cm³/mol. The Hall–Kier alpha value is -2.63. The first-order valence-corrected chi connectivity index (χ1v) is 6.46. The summed E-state index contributed by atoms with van der Waals surface area (Å²) in [5, 5.41) is 2.70. The largest absolute Gasteiger partial charge is 0.489 e. The fourth-order valence-electron chi connectivity index (χ4n) is 1.61. The number of anilines is 1. The van der Waals surface area contributed by atoms with E-state index in [1.807, 2.05) is 0 Å². The van der Waals surface area contributed by atoms with E-state index in [1.165, 1.54) is 11.0 Å².